The van der Waals surface area contributed by atoms with Gasteiger partial charge in [-0.3, -0.25) is 0 Å². The predicted molar refractivity (Wildman–Crippen MR) is 84.1 cm³/mol. The standard InChI is InChI=1S/C15H15Cl2FN2/c1-9(11-5-3-4-6-14(11)18)20(2)15-12(16)7-10(19)8-13(15)17/h3-9H,19H2,1-2H3. The lowest BCUT2D eigenvalue weighted by Gasteiger charge is -2.29. The first-order valence-electron chi connectivity index (χ1n) is 6.13. The maximum atomic E-state index is 13.9. The van der Waals surface area contributed by atoms with Crippen molar-refractivity contribution in [3.8, 4) is 0 Å². The molecule has 2 aromatic rings. The highest BCUT2D eigenvalue weighted by Crippen LogP contribution is 2.39. The Morgan fingerprint density at radius 3 is 2.25 bits per heavy atom. The lowest BCUT2D eigenvalue weighted by molar-refractivity contribution is 0.585. The fourth-order valence-electron chi connectivity index (χ4n) is 2.14. The van der Waals surface area contributed by atoms with Crippen LogP contribution < -0.4 is 10.6 Å². The Morgan fingerprint density at radius 1 is 1.15 bits per heavy atom. The average molecular weight is 313 g/mol. The van der Waals surface area contributed by atoms with E-state index in [1.54, 1.807) is 30.3 Å². The highest BCUT2D eigenvalue weighted by molar-refractivity contribution is 6.39. The van der Waals surface area contributed by atoms with Gasteiger partial charge in [-0.15, -0.1) is 0 Å². The van der Waals surface area contributed by atoms with Crippen molar-refractivity contribution < 1.29 is 4.39 Å². The minimum absolute atomic E-state index is 0.213. The summed E-state index contributed by atoms with van der Waals surface area (Å²) in [6, 6.07) is 9.70. The van der Waals surface area contributed by atoms with Crippen molar-refractivity contribution in [2.24, 2.45) is 0 Å². The molecule has 0 saturated heterocycles. The summed E-state index contributed by atoms with van der Waals surface area (Å²) >= 11 is 12.4. The van der Waals surface area contributed by atoms with Crippen LogP contribution in [0, 0.1) is 5.82 Å². The van der Waals surface area contributed by atoms with E-state index in [2.05, 4.69) is 0 Å². The maximum Gasteiger partial charge on any atom is 0.128 e. The smallest absolute Gasteiger partial charge is 0.128 e. The number of rotatable bonds is 3. The molecule has 1 unspecified atom stereocenters. The second-order valence-electron chi connectivity index (χ2n) is 4.64. The van der Waals surface area contributed by atoms with Gasteiger partial charge in [0.15, 0.2) is 0 Å². The lowest BCUT2D eigenvalue weighted by atomic mass is 10.1. The Labute approximate surface area is 127 Å². The summed E-state index contributed by atoms with van der Waals surface area (Å²) in [7, 11) is 1.82. The monoisotopic (exact) mass is 312 g/mol. The van der Waals surface area contributed by atoms with Gasteiger partial charge in [-0.2, -0.15) is 0 Å². The van der Waals surface area contributed by atoms with E-state index in [0.717, 1.165) is 0 Å². The second-order valence-corrected chi connectivity index (χ2v) is 5.46. The topological polar surface area (TPSA) is 29.3 Å². The Kier molecular flexibility index (Phi) is 4.41. The van der Waals surface area contributed by atoms with Crippen LogP contribution in [0.2, 0.25) is 10.0 Å². The first kappa shape index (κ1) is 14.9. The first-order chi connectivity index (χ1) is 9.41. The van der Waals surface area contributed by atoms with Gasteiger partial charge in [-0.05, 0) is 25.1 Å². The van der Waals surface area contributed by atoms with E-state index in [0.29, 0.717) is 27.0 Å². The third-order valence-electron chi connectivity index (χ3n) is 3.33. The van der Waals surface area contributed by atoms with Crippen LogP contribution in [-0.4, -0.2) is 7.05 Å². The Balaban J connectivity index is 2.42. The van der Waals surface area contributed by atoms with E-state index in [9.17, 15) is 4.39 Å². The molecule has 2 rings (SSSR count). The largest absolute Gasteiger partial charge is 0.399 e. The molecule has 0 saturated carbocycles. The molecule has 20 heavy (non-hydrogen) atoms. The minimum Gasteiger partial charge on any atom is -0.399 e. The molecule has 0 spiro atoms. The number of nitrogens with two attached hydrogens (primary N) is 1. The number of anilines is 2. The van der Waals surface area contributed by atoms with Gasteiger partial charge in [0.25, 0.3) is 0 Å². The van der Waals surface area contributed by atoms with Crippen LogP contribution in [0.4, 0.5) is 15.8 Å². The van der Waals surface area contributed by atoms with E-state index in [-0.39, 0.29) is 11.9 Å². The molecule has 0 aliphatic heterocycles. The van der Waals surface area contributed by atoms with Crippen LogP contribution in [0.5, 0.6) is 0 Å². The predicted octanol–water partition coefficient (Wildman–Crippen LogP) is 4.91. The summed E-state index contributed by atoms with van der Waals surface area (Å²) < 4.78 is 13.9. The quantitative estimate of drug-likeness (QED) is 0.816. The summed E-state index contributed by atoms with van der Waals surface area (Å²) in [5.41, 5.74) is 7.41. The number of nitrogens with zero attached hydrogens (tertiary/aromatic N) is 1. The number of nitrogen functional groups attached to an aromatic ring is 1. The van der Waals surface area contributed by atoms with E-state index in [1.165, 1.54) is 6.07 Å². The first-order valence-corrected chi connectivity index (χ1v) is 6.89. The number of benzene rings is 2. The van der Waals surface area contributed by atoms with Crippen molar-refractivity contribution in [2.45, 2.75) is 13.0 Å². The second kappa shape index (κ2) is 5.90. The zero-order chi connectivity index (χ0) is 14.9. The lowest BCUT2D eigenvalue weighted by Crippen LogP contribution is -2.23. The van der Waals surface area contributed by atoms with Gasteiger partial charge in [0.2, 0.25) is 0 Å². The van der Waals surface area contributed by atoms with Gasteiger partial charge in [0, 0.05) is 18.3 Å². The molecule has 2 N–H and O–H groups in total. The molecule has 0 heterocycles. The van der Waals surface area contributed by atoms with Gasteiger partial charge in [-0.1, -0.05) is 41.4 Å². The molecule has 0 aliphatic carbocycles. The molecule has 0 aliphatic rings. The minimum atomic E-state index is -0.255. The zero-order valence-electron chi connectivity index (χ0n) is 11.2. The summed E-state index contributed by atoms with van der Waals surface area (Å²) in [5, 5.41) is 0.890. The SMILES string of the molecule is CC(c1ccccc1F)N(C)c1c(Cl)cc(N)cc1Cl. The molecule has 0 radical (unpaired) electrons. The Hall–Kier alpha value is -1.45. The van der Waals surface area contributed by atoms with E-state index >= 15 is 0 Å². The number of halogens is 3. The highest BCUT2D eigenvalue weighted by atomic mass is 35.5. The van der Waals surface area contributed by atoms with Crippen LogP contribution in [-0.2, 0) is 0 Å². The summed E-state index contributed by atoms with van der Waals surface area (Å²) in [4.78, 5) is 1.84. The van der Waals surface area contributed by atoms with Gasteiger partial charge in [0.1, 0.15) is 5.82 Å². The molecule has 0 bridgehead atoms. The van der Waals surface area contributed by atoms with Crippen molar-refractivity contribution >= 4 is 34.6 Å². The van der Waals surface area contributed by atoms with Crippen LogP contribution in [0.3, 0.4) is 0 Å². The van der Waals surface area contributed by atoms with Crippen LogP contribution in [0.1, 0.15) is 18.5 Å². The van der Waals surface area contributed by atoms with Crippen LogP contribution in [0.15, 0.2) is 36.4 Å². The Bertz CT molecular complexity index is 608. The van der Waals surface area contributed by atoms with Crippen molar-refractivity contribution in [3.63, 3.8) is 0 Å². The molecule has 5 heteroatoms. The van der Waals surface area contributed by atoms with Gasteiger partial charge >= 0.3 is 0 Å². The van der Waals surface area contributed by atoms with Crippen LogP contribution in [0.25, 0.3) is 0 Å². The van der Waals surface area contributed by atoms with Gasteiger partial charge in [-0.25, -0.2) is 4.39 Å². The summed E-state index contributed by atoms with van der Waals surface area (Å²) in [5.74, 6) is -0.255. The molecule has 1 atom stereocenters. The third-order valence-corrected chi connectivity index (χ3v) is 3.90. The fraction of sp³-hybridized carbons (Fsp3) is 0.200. The molecule has 2 aromatic carbocycles. The highest BCUT2D eigenvalue weighted by Gasteiger charge is 2.20. The molecular weight excluding hydrogens is 298 g/mol. The van der Waals surface area contributed by atoms with E-state index in [4.69, 9.17) is 28.9 Å². The zero-order valence-corrected chi connectivity index (χ0v) is 12.7. The normalized spacial score (nSPS) is 12.2. The molecule has 0 aromatic heterocycles. The van der Waals surface area contributed by atoms with Crippen molar-refractivity contribution in [1.82, 2.24) is 0 Å². The molecule has 2 nitrogen and oxygen atoms in total. The molecule has 0 amide bonds. The maximum absolute atomic E-state index is 13.9. The fourth-order valence-corrected chi connectivity index (χ4v) is 2.91. The average Bonchev–Trinajstić information content (AvgIpc) is 2.37. The molecule has 0 fully saturated rings. The molecular formula is C15H15Cl2FN2. The Morgan fingerprint density at radius 2 is 1.70 bits per heavy atom. The number of hydrogen-bond donors (Lipinski definition) is 1. The summed E-state index contributed by atoms with van der Waals surface area (Å²) in [6.45, 7) is 1.89. The van der Waals surface area contributed by atoms with Crippen LogP contribution >= 0.6 is 23.2 Å². The van der Waals surface area contributed by atoms with Crippen molar-refractivity contribution in [2.75, 3.05) is 17.7 Å². The van der Waals surface area contributed by atoms with Gasteiger partial charge < -0.3 is 10.6 Å². The summed E-state index contributed by atoms with van der Waals surface area (Å²) in [6.07, 6.45) is 0. The third kappa shape index (κ3) is 2.84. The van der Waals surface area contributed by atoms with Gasteiger partial charge in [0.05, 0.1) is 21.8 Å². The van der Waals surface area contributed by atoms with Crippen molar-refractivity contribution in [1.29, 1.82) is 0 Å². The van der Waals surface area contributed by atoms with Crippen molar-refractivity contribution in [3.05, 3.63) is 57.8 Å². The van der Waals surface area contributed by atoms with E-state index in [1.807, 2.05) is 18.9 Å². The molecule has 106 valence electrons. The van der Waals surface area contributed by atoms with E-state index < -0.39 is 0 Å². The number of hydrogen-bond acceptors (Lipinski definition) is 2.